The Morgan fingerprint density at radius 3 is 2.88 bits per heavy atom. The van der Waals surface area contributed by atoms with E-state index in [9.17, 15) is 9.59 Å². The summed E-state index contributed by atoms with van der Waals surface area (Å²) >= 11 is 3.50. The quantitative estimate of drug-likeness (QED) is 0.477. The van der Waals surface area contributed by atoms with Crippen molar-refractivity contribution in [2.24, 2.45) is 0 Å². The van der Waals surface area contributed by atoms with E-state index < -0.39 is 0 Å². The molecule has 0 bridgehead atoms. The summed E-state index contributed by atoms with van der Waals surface area (Å²) < 4.78 is 6.43. The maximum absolute atomic E-state index is 11.6. The second-order valence-electron chi connectivity index (χ2n) is 3.13. The second kappa shape index (κ2) is 4.50. The van der Waals surface area contributed by atoms with Crippen LogP contribution in [0.3, 0.4) is 0 Å². The fourth-order valence-electron chi connectivity index (χ4n) is 1.47. The first-order valence-corrected chi connectivity index (χ1v) is 6.37. The largest absolute Gasteiger partial charge is 0.465 e. The summed E-state index contributed by atoms with van der Waals surface area (Å²) in [6, 6.07) is 3.66. The number of hydrogen-bond donors (Lipinski definition) is 0. The number of fused-ring (bicyclic) bond motifs is 1. The Morgan fingerprint density at radius 2 is 2.25 bits per heavy atom. The van der Waals surface area contributed by atoms with Crippen LogP contribution in [-0.4, -0.2) is 19.4 Å². The van der Waals surface area contributed by atoms with Crippen LogP contribution < -0.4 is 0 Å². The van der Waals surface area contributed by atoms with E-state index in [4.69, 9.17) is 4.74 Å². The summed E-state index contributed by atoms with van der Waals surface area (Å²) in [4.78, 5) is 22.4. The van der Waals surface area contributed by atoms with Gasteiger partial charge in [-0.05, 0) is 34.7 Å². The number of benzene rings is 1. The first-order valence-electron chi connectivity index (χ1n) is 4.41. The molecule has 82 valence electrons. The monoisotopic (exact) mass is 346 g/mol. The number of thiophene rings is 1. The van der Waals surface area contributed by atoms with Crippen molar-refractivity contribution in [2.75, 3.05) is 7.11 Å². The van der Waals surface area contributed by atoms with Crippen molar-refractivity contribution in [1.82, 2.24) is 0 Å². The predicted octanol–water partition coefficient (Wildman–Crippen LogP) is 3.11. The van der Waals surface area contributed by atoms with Crippen LogP contribution in [0, 0.1) is 3.57 Å². The number of rotatable bonds is 2. The van der Waals surface area contributed by atoms with Crippen LogP contribution in [0.15, 0.2) is 17.5 Å². The smallest absolute Gasteiger partial charge is 0.339 e. The molecule has 2 aromatic rings. The van der Waals surface area contributed by atoms with Gasteiger partial charge in [-0.2, -0.15) is 0 Å². The zero-order valence-electron chi connectivity index (χ0n) is 8.32. The third-order valence-corrected chi connectivity index (χ3v) is 3.87. The van der Waals surface area contributed by atoms with Crippen LogP contribution in [0.25, 0.3) is 10.1 Å². The number of methoxy groups -OCH3 is 1. The van der Waals surface area contributed by atoms with Gasteiger partial charge in [0.1, 0.15) is 0 Å². The second-order valence-corrected chi connectivity index (χ2v) is 5.26. The summed E-state index contributed by atoms with van der Waals surface area (Å²) in [6.45, 7) is 0. The molecule has 0 amide bonds. The first-order chi connectivity index (χ1) is 7.67. The number of esters is 1. The molecule has 0 N–H and O–H groups in total. The van der Waals surface area contributed by atoms with Crippen molar-refractivity contribution >= 4 is 56.3 Å². The molecular formula is C11H7IO3S. The minimum absolute atomic E-state index is 0.372. The van der Waals surface area contributed by atoms with Crippen molar-refractivity contribution in [3.63, 3.8) is 0 Å². The van der Waals surface area contributed by atoms with Crippen LogP contribution in [0.2, 0.25) is 0 Å². The minimum atomic E-state index is -0.372. The average molecular weight is 346 g/mol. The SMILES string of the molecule is COC(=O)c1cc(I)cc2c(C=O)csc12. The molecule has 16 heavy (non-hydrogen) atoms. The van der Waals surface area contributed by atoms with Crippen LogP contribution in [0.1, 0.15) is 20.7 Å². The molecule has 1 heterocycles. The molecule has 0 saturated heterocycles. The van der Waals surface area contributed by atoms with Crippen LogP contribution in [-0.2, 0) is 4.74 Å². The van der Waals surface area contributed by atoms with E-state index in [1.165, 1.54) is 18.4 Å². The molecule has 0 spiro atoms. The normalized spacial score (nSPS) is 10.4. The molecule has 2 rings (SSSR count). The van der Waals surface area contributed by atoms with Gasteiger partial charge >= 0.3 is 5.97 Å². The van der Waals surface area contributed by atoms with Gasteiger partial charge in [-0.1, -0.05) is 0 Å². The van der Waals surface area contributed by atoms with Crippen LogP contribution in [0.5, 0.6) is 0 Å². The van der Waals surface area contributed by atoms with Gasteiger partial charge in [0.25, 0.3) is 0 Å². The number of carbonyl (C=O) groups is 2. The zero-order chi connectivity index (χ0) is 11.7. The Kier molecular flexibility index (Phi) is 3.25. The standard InChI is InChI=1S/C11H7IO3S/c1-15-11(14)9-3-7(12)2-8-6(4-13)5-16-10(8)9/h2-5H,1H3. The molecule has 1 aromatic heterocycles. The highest BCUT2D eigenvalue weighted by molar-refractivity contribution is 14.1. The van der Waals surface area contributed by atoms with Gasteiger partial charge < -0.3 is 4.74 Å². The summed E-state index contributed by atoms with van der Waals surface area (Å²) in [5.41, 5.74) is 1.13. The molecule has 1 aromatic carbocycles. The first kappa shape index (κ1) is 11.5. The van der Waals surface area contributed by atoms with E-state index >= 15 is 0 Å². The van der Waals surface area contributed by atoms with E-state index in [-0.39, 0.29) is 5.97 Å². The van der Waals surface area contributed by atoms with Gasteiger partial charge in [0, 0.05) is 24.6 Å². The van der Waals surface area contributed by atoms with E-state index in [1.54, 1.807) is 11.4 Å². The molecule has 0 fully saturated rings. The molecule has 0 saturated carbocycles. The average Bonchev–Trinajstić information content (AvgIpc) is 2.69. The molecule has 0 radical (unpaired) electrons. The van der Waals surface area contributed by atoms with E-state index in [2.05, 4.69) is 22.6 Å². The lowest BCUT2D eigenvalue weighted by Gasteiger charge is -2.02. The van der Waals surface area contributed by atoms with Gasteiger partial charge in [-0.25, -0.2) is 4.79 Å². The molecule has 0 atom stereocenters. The lowest BCUT2D eigenvalue weighted by Crippen LogP contribution is -2.01. The fraction of sp³-hybridized carbons (Fsp3) is 0.0909. The molecule has 0 aliphatic carbocycles. The predicted molar refractivity (Wildman–Crippen MR) is 71.3 cm³/mol. The summed E-state index contributed by atoms with van der Waals surface area (Å²) in [5.74, 6) is -0.372. The molecule has 3 nitrogen and oxygen atoms in total. The molecular weight excluding hydrogens is 339 g/mol. The van der Waals surface area contributed by atoms with Crippen molar-refractivity contribution in [3.8, 4) is 0 Å². The Labute approximate surface area is 110 Å². The molecule has 5 heteroatoms. The number of halogens is 1. The van der Waals surface area contributed by atoms with Gasteiger partial charge in [-0.3, -0.25) is 4.79 Å². The van der Waals surface area contributed by atoms with Crippen molar-refractivity contribution in [3.05, 3.63) is 32.2 Å². The maximum Gasteiger partial charge on any atom is 0.339 e. The topological polar surface area (TPSA) is 43.4 Å². The maximum atomic E-state index is 11.6. The fourth-order valence-corrected chi connectivity index (χ4v) is 3.10. The minimum Gasteiger partial charge on any atom is -0.465 e. The van der Waals surface area contributed by atoms with Crippen LogP contribution in [0.4, 0.5) is 0 Å². The highest BCUT2D eigenvalue weighted by Crippen LogP contribution is 2.30. The van der Waals surface area contributed by atoms with Crippen molar-refractivity contribution < 1.29 is 14.3 Å². The van der Waals surface area contributed by atoms with Gasteiger partial charge in [0.2, 0.25) is 0 Å². The highest BCUT2D eigenvalue weighted by atomic mass is 127. The van der Waals surface area contributed by atoms with Gasteiger partial charge in [-0.15, -0.1) is 11.3 Å². The van der Waals surface area contributed by atoms with Gasteiger partial charge in [0.15, 0.2) is 6.29 Å². The molecule has 0 unspecified atom stereocenters. The highest BCUT2D eigenvalue weighted by Gasteiger charge is 2.15. The lowest BCUT2D eigenvalue weighted by atomic mass is 10.1. The number of carbonyl (C=O) groups excluding carboxylic acids is 2. The zero-order valence-corrected chi connectivity index (χ0v) is 11.3. The Morgan fingerprint density at radius 1 is 1.50 bits per heavy atom. The molecule has 0 aliphatic rings. The Bertz CT molecular complexity index is 574. The lowest BCUT2D eigenvalue weighted by molar-refractivity contribution is 0.0603. The van der Waals surface area contributed by atoms with E-state index in [0.29, 0.717) is 11.1 Å². The summed E-state index contributed by atoms with van der Waals surface area (Å²) in [7, 11) is 1.35. The molecule has 0 aliphatic heterocycles. The van der Waals surface area contributed by atoms with E-state index in [1.807, 2.05) is 6.07 Å². The van der Waals surface area contributed by atoms with Crippen molar-refractivity contribution in [2.45, 2.75) is 0 Å². The third-order valence-electron chi connectivity index (χ3n) is 2.20. The number of aldehydes is 1. The number of hydrogen-bond acceptors (Lipinski definition) is 4. The van der Waals surface area contributed by atoms with E-state index in [0.717, 1.165) is 19.9 Å². The Balaban J connectivity index is 2.79. The number of ether oxygens (including phenoxy) is 1. The van der Waals surface area contributed by atoms with Crippen LogP contribution >= 0.6 is 33.9 Å². The Hall–Kier alpha value is -0.950. The summed E-state index contributed by atoms with van der Waals surface area (Å²) in [6.07, 6.45) is 0.802. The third kappa shape index (κ3) is 1.84. The van der Waals surface area contributed by atoms with Crippen molar-refractivity contribution in [1.29, 1.82) is 0 Å². The van der Waals surface area contributed by atoms with Gasteiger partial charge in [0.05, 0.1) is 12.7 Å². The summed E-state index contributed by atoms with van der Waals surface area (Å²) in [5, 5.41) is 2.56.